The predicted octanol–water partition coefficient (Wildman–Crippen LogP) is 4.53. The van der Waals surface area contributed by atoms with E-state index in [1.165, 1.54) is 5.56 Å². The van der Waals surface area contributed by atoms with Gasteiger partial charge in [0.1, 0.15) is 11.9 Å². The maximum absolute atomic E-state index is 11.9. The second kappa shape index (κ2) is 6.93. The van der Waals surface area contributed by atoms with E-state index in [-0.39, 0.29) is 17.9 Å². The highest BCUT2D eigenvalue weighted by atomic mass is 35.5. The molecule has 0 bridgehead atoms. The highest BCUT2D eigenvalue weighted by Gasteiger charge is 2.26. The van der Waals surface area contributed by atoms with Crippen molar-refractivity contribution < 1.29 is 9.53 Å². The van der Waals surface area contributed by atoms with Gasteiger partial charge < -0.3 is 10.1 Å². The van der Waals surface area contributed by atoms with Gasteiger partial charge in [-0.15, -0.1) is 0 Å². The third kappa shape index (κ3) is 3.54. The van der Waals surface area contributed by atoms with Crippen molar-refractivity contribution in [2.75, 3.05) is 6.54 Å². The molecule has 0 saturated carbocycles. The molecule has 0 spiro atoms. The van der Waals surface area contributed by atoms with Crippen LogP contribution in [0.25, 0.3) is 11.1 Å². The number of fused-ring (bicyclic) bond motifs is 1. The van der Waals surface area contributed by atoms with Gasteiger partial charge >= 0.3 is 0 Å². The van der Waals surface area contributed by atoms with Crippen molar-refractivity contribution in [1.29, 1.82) is 0 Å². The van der Waals surface area contributed by atoms with Crippen LogP contribution < -0.4 is 10.1 Å². The van der Waals surface area contributed by atoms with Crippen LogP contribution in [-0.2, 0) is 11.2 Å². The van der Waals surface area contributed by atoms with Gasteiger partial charge in [-0.25, -0.2) is 0 Å². The number of hydrogen-bond acceptors (Lipinski definition) is 3. The fourth-order valence-corrected chi connectivity index (χ4v) is 3.62. The number of benzene rings is 1. The highest BCUT2D eigenvalue weighted by Crippen LogP contribution is 2.39. The monoisotopic (exact) mass is 349 g/mol. The lowest BCUT2D eigenvalue weighted by molar-refractivity contribution is -0.124. The number of nitrogens with one attached hydrogen (secondary N) is 1. The zero-order valence-corrected chi connectivity index (χ0v) is 14.8. The van der Waals surface area contributed by atoms with E-state index in [9.17, 15) is 4.79 Å². The molecular weight excluding hydrogens is 330 g/mol. The largest absolute Gasteiger partial charge is 0.486 e. The summed E-state index contributed by atoms with van der Waals surface area (Å²) in [5, 5.41) is 7.77. The van der Waals surface area contributed by atoms with Crippen LogP contribution >= 0.6 is 22.9 Å². The van der Waals surface area contributed by atoms with Crippen LogP contribution in [0.15, 0.2) is 29.0 Å². The van der Waals surface area contributed by atoms with Gasteiger partial charge in [0.2, 0.25) is 5.91 Å². The Labute approximate surface area is 145 Å². The van der Waals surface area contributed by atoms with Crippen LogP contribution in [0.1, 0.15) is 25.8 Å². The normalized spacial score (nSPS) is 17.4. The van der Waals surface area contributed by atoms with Crippen LogP contribution in [0.4, 0.5) is 0 Å². The van der Waals surface area contributed by atoms with Gasteiger partial charge in [-0.1, -0.05) is 25.4 Å². The standard InChI is InChI=1S/C18H20ClNO2S/c1-3-11(2)18(21)20-9-15-7-14-6-13(12-4-5-23-10-12)8-16(19)17(14)22-15/h4-6,8,10-11,15H,3,7,9H2,1-2H3,(H,20,21)/t11-,15-/m1/s1. The van der Waals surface area contributed by atoms with E-state index in [0.29, 0.717) is 11.6 Å². The number of rotatable bonds is 5. The van der Waals surface area contributed by atoms with E-state index >= 15 is 0 Å². The molecule has 23 heavy (non-hydrogen) atoms. The number of thiophene rings is 1. The van der Waals surface area contributed by atoms with Gasteiger partial charge in [-0.2, -0.15) is 11.3 Å². The molecule has 0 radical (unpaired) electrons. The molecule has 0 fully saturated rings. The van der Waals surface area contributed by atoms with Crippen molar-refractivity contribution in [2.24, 2.45) is 5.92 Å². The Morgan fingerprint density at radius 1 is 1.48 bits per heavy atom. The van der Waals surface area contributed by atoms with Crippen molar-refractivity contribution in [1.82, 2.24) is 5.32 Å². The first kappa shape index (κ1) is 16.3. The van der Waals surface area contributed by atoms with Gasteiger partial charge in [0, 0.05) is 17.9 Å². The SMILES string of the molecule is CC[C@@H](C)C(=O)NC[C@H]1Cc2cc(-c3ccsc3)cc(Cl)c2O1. The molecule has 1 aromatic carbocycles. The number of carbonyl (C=O) groups is 1. The minimum absolute atomic E-state index is 0.0348. The molecule has 3 nitrogen and oxygen atoms in total. The Balaban J connectivity index is 1.69. The summed E-state index contributed by atoms with van der Waals surface area (Å²) in [6, 6.07) is 6.17. The Morgan fingerprint density at radius 2 is 2.30 bits per heavy atom. The maximum atomic E-state index is 11.9. The van der Waals surface area contributed by atoms with Crippen LogP contribution in [0.5, 0.6) is 5.75 Å². The Kier molecular flexibility index (Phi) is 4.93. The van der Waals surface area contributed by atoms with E-state index in [0.717, 1.165) is 29.7 Å². The van der Waals surface area contributed by atoms with E-state index in [1.54, 1.807) is 11.3 Å². The Morgan fingerprint density at radius 3 is 3.00 bits per heavy atom. The third-order valence-electron chi connectivity index (χ3n) is 4.27. The van der Waals surface area contributed by atoms with E-state index < -0.39 is 0 Å². The number of halogens is 1. The highest BCUT2D eigenvalue weighted by molar-refractivity contribution is 7.08. The number of amides is 1. The summed E-state index contributed by atoms with van der Waals surface area (Å²) in [6.45, 7) is 4.46. The smallest absolute Gasteiger partial charge is 0.222 e. The molecule has 1 amide bonds. The summed E-state index contributed by atoms with van der Waals surface area (Å²) in [4.78, 5) is 11.9. The zero-order valence-electron chi connectivity index (χ0n) is 13.3. The fourth-order valence-electron chi connectivity index (χ4n) is 2.67. The molecule has 0 saturated heterocycles. The molecule has 0 aliphatic carbocycles. The molecule has 122 valence electrons. The first-order valence-corrected chi connectivity index (χ1v) is 9.20. The minimum Gasteiger partial charge on any atom is -0.486 e. The molecule has 1 N–H and O–H groups in total. The summed E-state index contributed by atoms with van der Waals surface area (Å²) in [5.41, 5.74) is 3.40. The Bertz CT molecular complexity index is 699. The van der Waals surface area contributed by atoms with E-state index in [2.05, 4.69) is 28.2 Å². The fraction of sp³-hybridized carbons (Fsp3) is 0.389. The van der Waals surface area contributed by atoms with Crippen molar-refractivity contribution in [2.45, 2.75) is 32.8 Å². The molecule has 2 aromatic rings. The first-order valence-electron chi connectivity index (χ1n) is 7.87. The lowest BCUT2D eigenvalue weighted by Gasteiger charge is -2.14. The summed E-state index contributed by atoms with van der Waals surface area (Å²) in [6.07, 6.45) is 1.56. The quantitative estimate of drug-likeness (QED) is 0.860. The van der Waals surface area contributed by atoms with Gasteiger partial charge in [-0.3, -0.25) is 4.79 Å². The number of carbonyl (C=O) groups excluding carboxylic acids is 1. The lowest BCUT2D eigenvalue weighted by Crippen LogP contribution is -2.37. The van der Waals surface area contributed by atoms with Gasteiger partial charge in [0.25, 0.3) is 0 Å². The second-order valence-electron chi connectivity index (χ2n) is 5.96. The van der Waals surface area contributed by atoms with Gasteiger partial charge in [0.05, 0.1) is 11.6 Å². The van der Waals surface area contributed by atoms with Crippen LogP contribution in [0, 0.1) is 5.92 Å². The number of hydrogen-bond donors (Lipinski definition) is 1. The lowest BCUT2D eigenvalue weighted by atomic mass is 10.0. The molecule has 3 rings (SSSR count). The molecule has 2 atom stereocenters. The minimum atomic E-state index is -0.0479. The average molecular weight is 350 g/mol. The maximum Gasteiger partial charge on any atom is 0.222 e. The summed E-state index contributed by atoms with van der Waals surface area (Å²) in [7, 11) is 0. The number of ether oxygens (including phenoxy) is 1. The van der Waals surface area contributed by atoms with Crippen molar-refractivity contribution >= 4 is 28.8 Å². The van der Waals surface area contributed by atoms with Crippen LogP contribution in [0.3, 0.4) is 0 Å². The predicted molar refractivity (Wildman–Crippen MR) is 95.3 cm³/mol. The third-order valence-corrected chi connectivity index (χ3v) is 5.24. The average Bonchev–Trinajstić information content (AvgIpc) is 3.20. The van der Waals surface area contributed by atoms with Gasteiger partial charge in [0.15, 0.2) is 0 Å². The molecule has 1 aromatic heterocycles. The van der Waals surface area contributed by atoms with Gasteiger partial charge in [-0.05, 0) is 46.5 Å². The zero-order chi connectivity index (χ0) is 16.4. The molecule has 1 aliphatic rings. The first-order chi connectivity index (χ1) is 11.1. The Hall–Kier alpha value is -1.52. The topological polar surface area (TPSA) is 38.3 Å². The molecule has 0 unspecified atom stereocenters. The van der Waals surface area contributed by atoms with Crippen LogP contribution in [0.2, 0.25) is 5.02 Å². The molecular formula is C18H20ClNO2S. The summed E-state index contributed by atoms with van der Waals surface area (Å²) < 4.78 is 5.93. The van der Waals surface area contributed by atoms with E-state index in [4.69, 9.17) is 16.3 Å². The summed E-state index contributed by atoms with van der Waals surface area (Å²) in [5.74, 6) is 0.873. The second-order valence-corrected chi connectivity index (χ2v) is 7.14. The molecule has 5 heteroatoms. The van der Waals surface area contributed by atoms with Crippen molar-refractivity contribution in [3.63, 3.8) is 0 Å². The molecule has 1 aliphatic heterocycles. The summed E-state index contributed by atoms with van der Waals surface area (Å²) >= 11 is 8.05. The van der Waals surface area contributed by atoms with Crippen LogP contribution in [-0.4, -0.2) is 18.6 Å². The van der Waals surface area contributed by atoms with Crippen molar-refractivity contribution in [3.05, 3.63) is 39.5 Å². The van der Waals surface area contributed by atoms with Crippen molar-refractivity contribution in [3.8, 4) is 16.9 Å². The molecule has 2 heterocycles. The van der Waals surface area contributed by atoms with E-state index in [1.807, 2.05) is 19.9 Å².